The minimum atomic E-state index is -0.932. The van der Waals surface area contributed by atoms with Gasteiger partial charge in [0.05, 0.1) is 18.1 Å². The van der Waals surface area contributed by atoms with E-state index in [0.717, 1.165) is 23.1 Å². The van der Waals surface area contributed by atoms with Gasteiger partial charge in [0, 0.05) is 18.4 Å². The van der Waals surface area contributed by atoms with Gasteiger partial charge >= 0.3 is 5.97 Å². The maximum absolute atomic E-state index is 13.5. The molecule has 8 heteroatoms. The van der Waals surface area contributed by atoms with E-state index < -0.39 is 17.6 Å². The van der Waals surface area contributed by atoms with Gasteiger partial charge in [-0.1, -0.05) is 18.2 Å². The van der Waals surface area contributed by atoms with E-state index in [1.165, 1.54) is 13.2 Å². The lowest BCUT2D eigenvalue weighted by molar-refractivity contribution is 0.0600. The number of anilines is 1. The third-order valence-corrected chi connectivity index (χ3v) is 5.19. The first-order valence-corrected chi connectivity index (χ1v) is 10.2. The van der Waals surface area contributed by atoms with Crippen LogP contribution in [0.3, 0.4) is 0 Å². The summed E-state index contributed by atoms with van der Waals surface area (Å²) < 4.78 is 37.3. The second kappa shape index (κ2) is 9.60. The second-order valence-corrected chi connectivity index (χ2v) is 7.39. The first-order chi connectivity index (χ1) is 16.0. The molecule has 2 heterocycles. The number of methoxy groups -OCH3 is 1. The molecule has 0 fully saturated rings. The maximum Gasteiger partial charge on any atom is 0.337 e. The fourth-order valence-corrected chi connectivity index (χ4v) is 3.40. The highest BCUT2D eigenvalue weighted by atomic mass is 19.2. The Hall–Kier alpha value is -4.07. The van der Waals surface area contributed by atoms with E-state index >= 15 is 0 Å². The molecule has 33 heavy (non-hydrogen) atoms. The fraction of sp³-hybridized carbons (Fsp3) is 0.160. The summed E-state index contributed by atoms with van der Waals surface area (Å²) in [5.74, 6) is -1.36. The maximum atomic E-state index is 13.5. The number of carbonyl (C=O) groups excluding carboxylic acids is 1. The summed E-state index contributed by atoms with van der Waals surface area (Å²) in [7, 11) is 1.34. The fourth-order valence-electron chi connectivity index (χ4n) is 3.40. The van der Waals surface area contributed by atoms with E-state index in [9.17, 15) is 13.6 Å². The van der Waals surface area contributed by atoms with Crippen molar-refractivity contribution in [1.29, 1.82) is 0 Å². The van der Waals surface area contributed by atoms with Crippen LogP contribution in [0.2, 0.25) is 0 Å². The average molecular weight is 449 g/mol. The molecule has 0 saturated carbocycles. The number of nitrogens with one attached hydrogen (secondary N) is 1. The quantitative estimate of drug-likeness (QED) is 0.379. The van der Waals surface area contributed by atoms with Crippen molar-refractivity contribution in [2.24, 2.45) is 0 Å². The number of hydrogen-bond acceptors (Lipinski definition) is 6. The average Bonchev–Trinajstić information content (AvgIpc) is 2.84. The van der Waals surface area contributed by atoms with Crippen LogP contribution in [0.4, 0.5) is 14.6 Å². The zero-order chi connectivity index (χ0) is 23.4. The van der Waals surface area contributed by atoms with Crippen molar-refractivity contribution in [1.82, 2.24) is 9.97 Å². The molecule has 1 atom stereocenters. The van der Waals surface area contributed by atoms with Gasteiger partial charge in [-0.25, -0.2) is 23.5 Å². The van der Waals surface area contributed by atoms with E-state index in [1.807, 2.05) is 31.2 Å². The summed E-state index contributed by atoms with van der Waals surface area (Å²) in [6, 6.07) is 14.2. The number of hydrogen-bond donors (Lipinski definition) is 1. The van der Waals surface area contributed by atoms with Crippen molar-refractivity contribution in [2.75, 3.05) is 12.4 Å². The van der Waals surface area contributed by atoms with Crippen LogP contribution >= 0.6 is 0 Å². The Kier molecular flexibility index (Phi) is 6.44. The van der Waals surface area contributed by atoms with Crippen molar-refractivity contribution in [3.8, 4) is 5.88 Å². The smallest absolute Gasteiger partial charge is 0.337 e. The third kappa shape index (κ3) is 4.90. The highest BCUT2D eigenvalue weighted by molar-refractivity contribution is 5.95. The molecule has 0 amide bonds. The minimum Gasteiger partial charge on any atom is -0.472 e. The van der Waals surface area contributed by atoms with E-state index in [-0.39, 0.29) is 12.6 Å². The lowest BCUT2D eigenvalue weighted by atomic mass is 10.1. The highest BCUT2D eigenvalue weighted by Crippen LogP contribution is 2.31. The number of aromatic nitrogens is 2. The lowest BCUT2D eigenvalue weighted by Crippen LogP contribution is -2.10. The highest BCUT2D eigenvalue weighted by Gasteiger charge is 2.15. The molecule has 2 aromatic heterocycles. The molecule has 2 aromatic carbocycles. The van der Waals surface area contributed by atoms with Gasteiger partial charge in [0.2, 0.25) is 5.88 Å². The molecule has 4 rings (SSSR count). The summed E-state index contributed by atoms with van der Waals surface area (Å²) in [5, 5.41) is 4.89. The first-order valence-electron chi connectivity index (χ1n) is 10.2. The summed E-state index contributed by atoms with van der Waals surface area (Å²) in [6.07, 6.45) is 3.29. The largest absolute Gasteiger partial charge is 0.472 e. The van der Waals surface area contributed by atoms with Crippen LogP contribution in [0.5, 0.6) is 5.88 Å². The van der Waals surface area contributed by atoms with E-state index in [1.54, 1.807) is 24.5 Å². The normalized spacial score (nSPS) is 11.8. The lowest BCUT2D eigenvalue weighted by Gasteiger charge is -2.18. The van der Waals surface area contributed by atoms with Gasteiger partial charge in [0.1, 0.15) is 12.4 Å². The molecule has 0 spiro atoms. The molecule has 0 saturated heterocycles. The summed E-state index contributed by atoms with van der Waals surface area (Å²) in [5.41, 5.74) is 1.88. The van der Waals surface area contributed by atoms with Gasteiger partial charge in [0.15, 0.2) is 11.6 Å². The molecule has 0 unspecified atom stereocenters. The Labute approximate surface area is 189 Å². The van der Waals surface area contributed by atoms with Gasteiger partial charge in [-0.15, -0.1) is 0 Å². The van der Waals surface area contributed by atoms with Crippen LogP contribution in [-0.4, -0.2) is 23.0 Å². The van der Waals surface area contributed by atoms with Crippen molar-refractivity contribution in [2.45, 2.75) is 19.6 Å². The van der Waals surface area contributed by atoms with Crippen molar-refractivity contribution >= 4 is 22.6 Å². The van der Waals surface area contributed by atoms with E-state index in [0.29, 0.717) is 28.2 Å². The standard InChI is InChI=1S/C25H21F2N3O3/c1-15(17-4-6-19(7-5-17)25(31)32-2)30-23-22-18(9-11-28-23)10-12-29-24(22)33-14-16-3-8-20(26)21(27)13-16/h3-13,15H,14H2,1-2H3,(H,28,30)/t15-/m0/s1. The molecular weight excluding hydrogens is 428 g/mol. The Morgan fingerprint density at radius 1 is 1.00 bits per heavy atom. The molecule has 0 bridgehead atoms. The Balaban J connectivity index is 1.58. The predicted octanol–water partition coefficient (Wildman–Crippen LogP) is 5.45. The van der Waals surface area contributed by atoms with Crippen LogP contribution in [-0.2, 0) is 11.3 Å². The molecule has 4 aromatic rings. The molecule has 0 aliphatic heterocycles. The van der Waals surface area contributed by atoms with Crippen LogP contribution in [0.1, 0.15) is 34.5 Å². The van der Waals surface area contributed by atoms with Gasteiger partial charge in [-0.05, 0) is 59.8 Å². The van der Waals surface area contributed by atoms with E-state index in [4.69, 9.17) is 9.47 Å². The Morgan fingerprint density at radius 2 is 1.73 bits per heavy atom. The summed E-state index contributed by atoms with van der Waals surface area (Å²) >= 11 is 0. The Bertz CT molecular complexity index is 1290. The van der Waals surface area contributed by atoms with Crippen LogP contribution in [0.25, 0.3) is 10.8 Å². The van der Waals surface area contributed by atoms with Crippen LogP contribution < -0.4 is 10.1 Å². The van der Waals surface area contributed by atoms with Gasteiger partial charge in [0.25, 0.3) is 0 Å². The number of ether oxygens (including phenoxy) is 2. The molecule has 6 nitrogen and oxygen atoms in total. The number of pyridine rings is 2. The summed E-state index contributed by atoms with van der Waals surface area (Å²) in [6.45, 7) is 1.98. The van der Waals surface area contributed by atoms with Crippen LogP contribution in [0, 0.1) is 11.6 Å². The number of rotatable bonds is 7. The van der Waals surface area contributed by atoms with Crippen molar-refractivity contribution < 1.29 is 23.0 Å². The second-order valence-electron chi connectivity index (χ2n) is 7.39. The molecular formula is C25H21F2N3O3. The van der Waals surface area contributed by atoms with Gasteiger partial charge in [-0.3, -0.25) is 0 Å². The van der Waals surface area contributed by atoms with Gasteiger partial charge < -0.3 is 14.8 Å². The molecule has 0 aliphatic rings. The monoisotopic (exact) mass is 449 g/mol. The predicted molar refractivity (Wildman–Crippen MR) is 120 cm³/mol. The number of esters is 1. The number of fused-ring (bicyclic) bond motifs is 1. The summed E-state index contributed by atoms with van der Waals surface area (Å²) in [4.78, 5) is 20.4. The zero-order valence-electron chi connectivity index (χ0n) is 18.0. The van der Waals surface area contributed by atoms with Gasteiger partial charge in [-0.2, -0.15) is 0 Å². The minimum absolute atomic E-state index is 0.0161. The molecule has 1 N–H and O–H groups in total. The SMILES string of the molecule is COC(=O)c1ccc([C@H](C)Nc2nccc3ccnc(OCc4ccc(F)c(F)c4)c23)cc1. The number of benzene rings is 2. The zero-order valence-corrected chi connectivity index (χ0v) is 18.0. The van der Waals surface area contributed by atoms with Crippen molar-refractivity contribution in [3.63, 3.8) is 0 Å². The number of nitrogens with zero attached hydrogens (tertiary/aromatic N) is 2. The first kappa shape index (κ1) is 22.1. The van der Waals surface area contributed by atoms with Crippen LogP contribution in [0.15, 0.2) is 67.0 Å². The van der Waals surface area contributed by atoms with E-state index in [2.05, 4.69) is 15.3 Å². The third-order valence-electron chi connectivity index (χ3n) is 5.19. The van der Waals surface area contributed by atoms with Crippen molar-refractivity contribution in [3.05, 3.63) is 95.3 Å². The number of carbonyl (C=O) groups is 1. The molecule has 0 aliphatic carbocycles. The topological polar surface area (TPSA) is 73.3 Å². The number of halogens is 2. The molecule has 0 radical (unpaired) electrons. The molecule has 168 valence electrons. The Morgan fingerprint density at radius 3 is 2.42 bits per heavy atom.